The fourth-order valence-corrected chi connectivity index (χ4v) is 2.22. The van der Waals surface area contributed by atoms with Crippen LogP contribution in [-0.4, -0.2) is 29.8 Å². The minimum absolute atomic E-state index is 0.0532. The lowest BCUT2D eigenvalue weighted by Gasteiger charge is -2.34. The molecular formula is C13H19NO4. The number of aromatic carboxylic acids is 1. The van der Waals surface area contributed by atoms with Gasteiger partial charge in [-0.3, -0.25) is 0 Å². The van der Waals surface area contributed by atoms with E-state index in [0.29, 0.717) is 24.7 Å². The fraction of sp³-hybridized carbons (Fsp3) is 0.615. The van der Waals surface area contributed by atoms with Gasteiger partial charge in [-0.1, -0.05) is 0 Å². The van der Waals surface area contributed by atoms with Crippen molar-refractivity contribution in [2.24, 2.45) is 0 Å². The van der Waals surface area contributed by atoms with E-state index in [-0.39, 0.29) is 11.1 Å². The molecule has 0 radical (unpaired) electrons. The van der Waals surface area contributed by atoms with Crippen LogP contribution in [0.3, 0.4) is 0 Å². The van der Waals surface area contributed by atoms with E-state index >= 15 is 0 Å². The van der Waals surface area contributed by atoms with E-state index in [0.717, 1.165) is 19.4 Å². The molecule has 1 saturated heterocycles. The van der Waals surface area contributed by atoms with Gasteiger partial charge in [-0.15, -0.1) is 0 Å². The van der Waals surface area contributed by atoms with Gasteiger partial charge in [0.2, 0.25) is 0 Å². The number of hydrogen-bond donors (Lipinski definition) is 2. The largest absolute Gasteiger partial charge is 0.478 e. The quantitative estimate of drug-likeness (QED) is 0.858. The van der Waals surface area contributed by atoms with Crippen LogP contribution in [-0.2, 0) is 11.3 Å². The molecule has 1 aromatic rings. The standard InChI is InChI=1S/C13H19NO4/c1-9-11(12(15)16)6-10(18-9)7-14-13(2)4-3-5-17-8-13/h6,14H,3-5,7-8H2,1-2H3,(H,15,16). The first-order chi connectivity index (χ1) is 8.50. The smallest absolute Gasteiger partial charge is 0.339 e. The predicted molar refractivity (Wildman–Crippen MR) is 65.7 cm³/mol. The molecular weight excluding hydrogens is 234 g/mol. The first-order valence-corrected chi connectivity index (χ1v) is 6.15. The molecule has 0 aromatic carbocycles. The summed E-state index contributed by atoms with van der Waals surface area (Å²) < 4.78 is 10.9. The monoisotopic (exact) mass is 253 g/mol. The van der Waals surface area contributed by atoms with E-state index in [2.05, 4.69) is 12.2 Å². The maximum absolute atomic E-state index is 10.9. The molecule has 1 aromatic heterocycles. The van der Waals surface area contributed by atoms with Gasteiger partial charge in [0, 0.05) is 12.1 Å². The molecule has 1 atom stereocenters. The topological polar surface area (TPSA) is 71.7 Å². The molecule has 5 heteroatoms. The third-order valence-electron chi connectivity index (χ3n) is 3.33. The van der Waals surface area contributed by atoms with Crippen LogP contribution in [0.2, 0.25) is 0 Å². The van der Waals surface area contributed by atoms with E-state index in [1.54, 1.807) is 13.0 Å². The van der Waals surface area contributed by atoms with Gasteiger partial charge < -0.3 is 19.6 Å². The summed E-state index contributed by atoms with van der Waals surface area (Å²) in [5.74, 6) is 0.149. The molecule has 1 aliphatic rings. The lowest BCUT2D eigenvalue weighted by Crippen LogP contribution is -2.48. The Hall–Kier alpha value is -1.33. The molecule has 0 bridgehead atoms. The van der Waals surface area contributed by atoms with Crippen LogP contribution < -0.4 is 5.32 Å². The number of carboxylic acid groups (broad SMARTS) is 1. The second-order valence-electron chi connectivity index (χ2n) is 5.06. The van der Waals surface area contributed by atoms with Crippen molar-refractivity contribution in [3.63, 3.8) is 0 Å². The highest BCUT2D eigenvalue weighted by Crippen LogP contribution is 2.20. The van der Waals surface area contributed by atoms with Crippen molar-refractivity contribution in [2.45, 2.75) is 38.8 Å². The van der Waals surface area contributed by atoms with E-state index in [1.807, 2.05) is 0 Å². The van der Waals surface area contributed by atoms with Crippen LogP contribution in [0.25, 0.3) is 0 Å². The first-order valence-electron chi connectivity index (χ1n) is 6.15. The van der Waals surface area contributed by atoms with Crippen LogP contribution in [0, 0.1) is 6.92 Å². The maximum Gasteiger partial charge on any atom is 0.339 e. The minimum atomic E-state index is -0.949. The Morgan fingerprint density at radius 3 is 2.94 bits per heavy atom. The Morgan fingerprint density at radius 2 is 2.39 bits per heavy atom. The molecule has 0 amide bonds. The third-order valence-corrected chi connectivity index (χ3v) is 3.33. The van der Waals surface area contributed by atoms with Crippen molar-refractivity contribution < 1.29 is 19.1 Å². The second kappa shape index (κ2) is 5.12. The Kier molecular flexibility index (Phi) is 3.73. The Labute approximate surface area is 106 Å². The summed E-state index contributed by atoms with van der Waals surface area (Å²) >= 11 is 0. The zero-order valence-corrected chi connectivity index (χ0v) is 10.8. The first kappa shape index (κ1) is 13.1. The second-order valence-corrected chi connectivity index (χ2v) is 5.06. The van der Waals surface area contributed by atoms with Gasteiger partial charge >= 0.3 is 5.97 Å². The molecule has 0 saturated carbocycles. The van der Waals surface area contributed by atoms with Crippen LogP contribution in [0.1, 0.15) is 41.6 Å². The minimum Gasteiger partial charge on any atom is -0.478 e. The number of furan rings is 1. The molecule has 2 heterocycles. The lowest BCUT2D eigenvalue weighted by molar-refractivity contribution is 0.0270. The lowest BCUT2D eigenvalue weighted by atomic mass is 9.95. The van der Waals surface area contributed by atoms with E-state index in [4.69, 9.17) is 14.3 Å². The van der Waals surface area contributed by atoms with Gasteiger partial charge in [-0.05, 0) is 32.8 Å². The van der Waals surface area contributed by atoms with Crippen molar-refractivity contribution in [2.75, 3.05) is 13.2 Å². The molecule has 1 aliphatic heterocycles. The zero-order chi connectivity index (χ0) is 13.2. The molecule has 18 heavy (non-hydrogen) atoms. The predicted octanol–water partition coefficient (Wildman–Crippen LogP) is 1.94. The molecule has 0 spiro atoms. The van der Waals surface area contributed by atoms with Crippen LogP contribution in [0.4, 0.5) is 0 Å². The summed E-state index contributed by atoms with van der Waals surface area (Å²) in [6.07, 6.45) is 2.10. The number of hydrogen-bond acceptors (Lipinski definition) is 4. The van der Waals surface area contributed by atoms with Crippen molar-refractivity contribution in [1.29, 1.82) is 0 Å². The number of nitrogens with one attached hydrogen (secondary N) is 1. The maximum atomic E-state index is 10.9. The van der Waals surface area contributed by atoms with E-state index in [1.165, 1.54) is 0 Å². The molecule has 5 nitrogen and oxygen atoms in total. The average molecular weight is 253 g/mol. The number of rotatable bonds is 4. The van der Waals surface area contributed by atoms with Gasteiger partial charge in [0.05, 0.1) is 13.2 Å². The SMILES string of the molecule is Cc1oc(CNC2(C)CCCOC2)cc1C(=O)O. The van der Waals surface area contributed by atoms with Crippen molar-refractivity contribution in [3.8, 4) is 0 Å². The Balaban J connectivity index is 1.97. The van der Waals surface area contributed by atoms with E-state index < -0.39 is 5.97 Å². The number of aryl methyl sites for hydroxylation is 1. The summed E-state index contributed by atoms with van der Waals surface area (Å²) in [5, 5.41) is 12.3. The summed E-state index contributed by atoms with van der Waals surface area (Å²) in [6.45, 7) is 5.80. The van der Waals surface area contributed by atoms with Gasteiger partial charge in [-0.2, -0.15) is 0 Å². The number of carbonyl (C=O) groups is 1. The van der Waals surface area contributed by atoms with Gasteiger partial charge in [-0.25, -0.2) is 4.79 Å². The summed E-state index contributed by atoms with van der Waals surface area (Å²) in [5.41, 5.74) is 0.180. The summed E-state index contributed by atoms with van der Waals surface area (Å²) in [6, 6.07) is 1.58. The van der Waals surface area contributed by atoms with Crippen LogP contribution in [0.5, 0.6) is 0 Å². The van der Waals surface area contributed by atoms with Gasteiger partial charge in [0.25, 0.3) is 0 Å². The third kappa shape index (κ3) is 2.91. The molecule has 2 N–H and O–H groups in total. The Bertz CT molecular complexity index is 432. The van der Waals surface area contributed by atoms with Crippen molar-refractivity contribution in [1.82, 2.24) is 5.32 Å². The van der Waals surface area contributed by atoms with Gasteiger partial charge in [0.15, 0.2) is 0 Å². The molecule has 100 valence electrons. The zero-order valence-electron chi connectivity index (χ0n) is 10.8. The Morgan fingerprint density at radius 1 is 1.61 bits per heavy atom. The van der Waals surface area contributed by atoms with Crippen molar-refractivity contribution >= 4 is 5.97 Å². The van der Waals surface area contributed by atoms with Crippen LogP contribution in [0.15, 0.2) is 10.5 Å². The molecule has 1 unspecified atom stereocenters. The van der Waals surface area contributed by atoms with Crippen LogP contribution >= 0.6 is 0 Å². The molecule has 0 aliphatic carbocycles. The number of carboxylic acids is 1. The summed E-state index contributed by atoms with van der Waals surface area (Å²) in [7, 11) is 0. The molecule has 1 fully saturated rings. The highest BCUT2D eigenvalue weighted by molar-refractivity contribution is 5.88. The average Bonchev–Trinajstić information content (AvgIpc) is 2.69. The summed E-state index contributed by atoms with van der Waals surface area (Å²) in [4.78, 5) is 10.9. The highest BCUT2D eigenvalue weighted by Gasteiger charge is 2.27. The fourth-order valence-electron chi connectivity index (χ4n) is 2.22. The van der Waals surface area contributed by atoms with Crippen molar-refractivity contribution in [3.05, 3.63) is 23.2 Å². The molecule has 2 rings (SSSR count). The van der Waals surface area contributed by atoms with E-state index in [9.17, 15) is 4.79 Å². The normalized spacial score (nSPS) is 24.1. The number of ether oxygens (including phenoxy) is 1. The van der Waals surface area contributed by atoms with Gasteiger partial charge in [0.1, 0.15) is 17.1 Å². The highest BCUT2D eigenvalue weighted by atomic mass is 16.5.